The molecule has 0 unspecified atom stereocenters. The monoisotopic (exact) mass is 344 g/mol. The quantitative estimate of drug-likeness (QED) is 0.905. The second-order valence-corrected chi connectivity index (χ2v) is 7.31. The Morgan fingerprint density at radius 1 is 1.17 bits per heavy atom. The lowest BCUT2D eigenvalue weighted by atomic mass is 10.1. The normalized spacial score (nSPS) is 16.2. The number of nitrogens with one attached hydrogen (secondary N) is 1. The Labute approximate surface area is 147 Å². The Hall–Kier alpha value is -1.76. The molecule has 1 amide bonds. The summed E-state index contributed by atoms with van der Waals surface area (Å²) in [5.41, 5.74) is 5.05. The van der Waals surface area contributed by atoms with Crippen molar-refractivity contribution in [3.8, 4) is 0 Å². The molecule has 128 valence electrons. The summed E-state index contributed by atoms with van der Waals surface area (Å²) in [7, 11) is 0. The van der Waals surface area contributed by atoms with Gasteiger partial charge in [-0.3, -0.25) is 19.6 Å². The molecule has 2 heterocycles. The number of aryl methyl sites for hydroxylation is 2. The van der Waals surface area contributed by atoms with Crippen molar-refractivity contribution in [2.24, 2.45) is 0 Å². The molecule has 3 rings (SSSR count). The van der Waals surface area contributed by atoms with Crippen molar-refractivity contribution in [1.82, 2.24) is 14.8 Å². The molecule has 1 aromatic carbocycles. The molecule has 0 atom stereocenters. The summed E-state index contributed by atoms with van der Waals surface area (Å²) < 4.78 is 0. The van der Waals surface area contributed by atoms with Gasteiger partial charge in [-0.2, -0.15) is 0 Å². The zero-order chi connectivity index (χ0) is 16.9. The van der Waals surface area contributed by atoms with E-state index in [1.807, 2.05) is 43.8 Å². The van der Waals surface area contributed by atoms with Crippen molar-refractivity contribution in [2.45, 2.75) is 20.4 Å². The number of aromatic nitrogens is 1. The van der Waals surface area contributed by atoms with Crippen LogP contribution in [0.1, 0.15) is 16.0 Å². The van der Waals surface area contributed by atoms with Crippen LogP contribution in [-0.2, 0) is 11.3 Å². The largest absolute Gasteiger partial charge is 0.324 e. The van der Waals surface area contributed by atoms with Crippen LogP contribution >= 0.6 is 11.3 Å². The molecule has 0 spiro atoms. The average molecular weight is 344 g/mol. The van der Waals surface area contributed by atoms with Gasteiger partial charge in [-0.1, -0.05) is 18.2 Å². The van der Waals surface area contributed by atoms with Crippen LogP contribution in [0, 0.1) is 13.8 Å². The van der Waals surface area contributed by atoms with Crippen molar-refractivity contribution >= 4 is 22.9 Å². The van der Waals surface area contributed by atoms with Crippen molar-refractivity contribution in [3.63, 3.8) is 0 Å². The molecule has 1 fully saturated rings. The SMILES string of the molecule is Cc1cccc(C)c1NC(=O)CN1CCN(Cc2cncs2)CC1. The number of anilines is 1. The fourth-order valence-corrected chi connectivity index (χ4v) is 3.68. The van der Waals surface area contributed by atoms with E-state index in [2.05, 4.69) is 20.1 Å². The number of thiazole rings is 1. The molecular weight excluding hydrogens is 320 g/mol. The summed E-state index contributed by atoms with van der Waals surface area (Å²) >= 11 is 1.70. The molecule has 0 bridgehead atoms. The lowest BCUT2D eigenvalue weighted by Gasteiger charge is -2.34. The van der Waals surface area contributed by atoms with E-state index in [-0.39, 0.29) is 5.91 Å². The molecule has 1 saturated heterocycles. The predicted octanol–water partition coefficient (Wildman–Crippen LogP) is 2.52. The number of hydrogen-bond acceptors (Lipinski definition) is 5. The van der Waals surface area contributed by atoms with Crippen LogP contribution in [0.4, 0.5) is 5.69 Å². The molecule has 1 aromatic heterocycles. The van der Waals surface area contributed by atoms with Crippen LogP contribution < -0.4 is 5.32 Å². The van der Waals surface area contributed by atoms with Gasteiger partial charge in [0.15, 0.2) is 0 Å². The standard InChI is InChI=1S/C18H24N4OS/c1-14-4-3-5-15(2)18(14)20-17(23)12-22-8-6-21(7-9-22)11-16-10-19-13-24-16/h3-5,10,13H,6-9,11-12H2,1-2H3,(H,20,23). The number of carbonyl (C=O) groups excluding carboxylic acids is 1. The second kappa shape index (κ2) is 7.88. The number of benzene rings is 1. The summed E-state index contributed by atoms with van der Waals surface area (Å²) in [6.07, 6.45) is 1.94. The summed E-state index contributed by atoms with van der Waals surface area (Å²) in [6.45, 7) is 9.33. The molecule has 6 heteroatoms. The van der Waals surface area contributed by atoms with Gasteiger partial charge in [0.25, 0.3) is 0 Å². The van der Waals surface area contributed by atoms with Crippen LogP contribution in [-0.4, -0.2) is 53.4 Å². The number of hydrogen-bond donors (Lipinski definition) is 1. The molecule has 1 N–H and O–H groups in total. The highest BCUT2D eigenvalue weighted by Gasteiger charge is 2.19. The first kappa shape index (κ1) is 17.1. The molecule has 0 radical (unpaired) electrons. The van der Waals surface area contributed by atoms with E-state index in [1.54, 1.807) is 11.3 Å². The summed E-state index contributed by atoms with van der Waals surface area (Å²) in [4.78, 5) is 22.4. The van der Waals surface area contributed by atoms with E-state index in [4.69, 9.17) is 0 Å². The first-order valence-electron chi connectivity index (χ1n) is 8.30. The number of piperazine rings is 1. The van der Waals surface area contributed by atoms with Gasteiger partial charge in [0.2, 0.25) is 5.91 Å². The molecule has 1 aliphatic heterocycles. The molecule has 24 heavy (non-hydrogen) atoms. The van der Waals surface area contributed by atoms with Gasteiger partial charge in [0.1, 0.15) is 0 Å². The van der Waals surface area contributed by atoms with E-state index in [0.29, 0.717) is 6.54 Å². The van der Waals surface area contributed by atoms with Crippen LogP contribution in [0.15, 0.2) is 29.9 Å². The fourth-order valence-electron chi connectivity index (χ4n) is 3.04. The van der Waals surface area contributed by atoms with E-state index >= 15 is 0 Å². The Morgan fingerprint density at radius 2 is 1.83 bits per heavy atom. The Balaban J connectivity index is 1.46. The molecule has 0 aliphatic carbocycles. The van der Waals surface area contributed by atoms with Crippen LogP contribution in [0.25, 0.3) is 0 Å². The lowest BCUT2D eigenvalue weighted by Crippen LogP contribution is -2.48. The third kappa shape index (κ3) is 4.41. The number of carbonyl (C=O) groups is 1. The highest BCUT2D eigenvalue weighted by molar-refractivity contribution is 7.09. The highest BCUT2D eigenvalue weighted by Crippen LogP contribution is 2.19. The smallest absolute Gasteiger partial charge is 0.238 e. The molecule has 0 saturated carbocycles. The van der Waals surface area contributed by atoms with E-state index < -0.39 is 0 Å². The topological polar surface area (TPSA) is 48.5 Å². The summed E-state index contributed by atoms with van der Waals surface area (Å²) in [5.74, 6) is 0.0725. The molecule has 5 nitrogen and oxygen atoms in total. The van der Waals surface area contributed by atoms with Gasteiger partial charge in [-0.15, -0.1) is 11.3 Å². The van der Waals surface area contributed by atoms with Gasteiger partial charge in [-0.25, -0.2) is 0 Å². The maximum Gasteiger partial charge on any atom is 0.238 e. The van der Waals surface area contributed by atoms with Gasteiger partial charge in [-0.05, 0) is 25.0 Å². The maximum absolute atomic E-state index is 12.3. The van der Waals surface area contributed by atoms with Crippen LogP contribution in [0.5, 0.6) is 0 Å². The minimum Gasteiger partial charge on any atom is -0.324 e. The fraction of sp³-hybridized carbons (Fsp3) is 0.444. The average Bonchev–Trinajstić information content (AvgIpc) is 3.06. The lowest BCUT2D eigenvalue weighted by molar-refractivity contribution is -0.117. The minimum absolute atomic E-state index is 0.0725. The van der Waals surface area contributed by atoms with Gasteiger partial charge < -0.3 is 5.32 Å². The Kier molecular flexibility index (Phi) is 5.60. The van der Waals surface area contributed by atoms with Gasteiger partial charge >= 0.3 is 0 Å². The van der Waals surface area contributed by atoms with E-state index in [1.165, 1.54) is 4.88 Å². The summed E-state index contributed by atoms with van der Waals surface area (Å²) in [6, 6.07) is 6.07. The second-order valence-electron chi connectivity index (χ2n) is 6.34. The van der Waals surface area contributed by atoms with Crippen LogP contribution in [0.3, 0.4) is 0 Å². The Bertz CT molecular complexity index is 658. The molecule has 2 aromatic rings. The van der Waals surface area contributed by atoms with Gasteiger partial charge in [0.05, 0.1) is 12.1 Å². The van der Waals surface area contributed by atoms with Crippen molar-refractivity contribution < 1.29 is 4.79 Å². The molecular formula is C18H24N4OS. The van der Waals surface area contributed by atoms with Gasteiger partial charge in [0, 0.05) is 49.5 Å². The van der Waals surface area contributed by atoms with Crippen molar-refractivity contribution in [2.75, 3.05) is 38.0 Å². The third-order valence-electron chi connectivity index (χ3n) is 4.44. The minimum atomic E-state index is 0.0725. The zero-order valence-corrected chi connectivity index (χ0v) is 15.1. The van der Waals surface area contributed by atoms with E-state index in [9.17, 15) is 4.79 Å². The zero-order valence-electron chi connectivity index (χ0n) is 14.3. The third-order valence-corrected chi connectivity index (χ3v) is 5.20. The first-order chi connectivity index (χ1) is 11.6. The van der Waals surface area contributed by atoms with Crippen molar-refractivity contribution in [3.05, 3.63) is 45.9 Å². The summed E-state index contributed by atoms with van der Waals surface area (Å²) in [5, 5.41) is 3.07. The number of rotatable bonds is 5. The number of amides is 1. The predicted molar refractivity (Wildman–Crippen MR) is 98.4 cm³/mol. The highest BCUT2D eigenvalue weighted by atomic mass is 32.1. The maximum atomic E-state index is 12.3. The van der Waals surface area contributed by atoms with E-state index in [0.717, 1.165) is 49.5 Å². The first-order valence-corrected chi connectivity index (χ1v) is 9.18. The number of nitrogens with zero attached hydrogens (tertiary/aromatic N) is 3. The number of para-hydroxylation sites is 1. The Morgan fingerprint density at radius 3 is 2.46 bits per heavy atom. The van der Waals surface area contributed by atoms with Crippen LogP contribution in [0.2, 0.25) is 0 Å². The van der Waals surface area contributed by atoms with Crippen molar-refractivity contribution in [1.29, 1.82) is 0 Å². The molecule has 1 aliphatic rings.